The van der Waals surface area contributed by atoms with Gasteiger partial charge in [-0.1, -0.05) is 11.6 Å². The lowest BCUT2D eigenvalue weighted by Crippen LogP contribution is -2.50. The topological polar surface area (TPSA) is 39.7 Å². The highest BCUT2D eigenvalue weighted by Crippen LogP contribution is 2.27. The molecule has 2 heterocycles. The van der Waals surface area contributed by atoms with E-state index in [1.54, 1.807) is 0 Å². The molecule has 0 unspecified atom stereocenters. The molecule has 1 amide bonds. The van der Waals surface area contributed by atoms with Gasteiger partial charge in [-0.3, -0.25) is 14.7 Å². The van der Waals surface area contributed by atoms with E-state index in [1.165, 1.54) is 16.6 Å². The van der Waals surface area contributed by atoms with Crippen LogP contribution < -0.4 is 4.90 Å². The third-order valence-corrected chi connectivity index (χ3v) is 5.06. The van der Waals surface area contributed by atoms with E-state index in [-0.39, 0.29) is 5.91 Å². The molecule has 5 nitrogen and oxygen atoms in total. The van der Waals surface area contributed by atoms with E-state index < -0.39 is 0 Å². The molecule has 134 valence electrons. The normalized spacial score (nSPS) is 15.6. The number of carbonyl (C=O) groups is 1. The summed E-state index contributed by atoms with van der Waals surface area (Å²) in [7, 11) is 0. The molecule has 1 aliphatic heterocycles. The molecule has 25 heavy (non-hydrogen) atoms. The summed E-state index contributed by atoms with van der Waals surface area (Å²) in [5.41, 5.74) is 3.55. The van der Waals surface area contributed by atoms with Crippen molar-refractivity contribution in [1.29, 1.82) is 0 Å². The van der Waals surface area contributed by atoms with Crippen LogP contribution in [0.15, 0.2) is 30.5 Å². The largest absolute Gasteiger partial charge is 0.368 e. The second-order valence-electron chi connectivity index (χ2n) is 6.68. The van der Waals surface area contributed by atoms with Gasteiger partial charge < -0.3 is 9.80 Å². The predicted octanol–water partition coefficient (Wildman–Crippen LogP) is 2.53. The summed E-state index contributed by atoms with van der Waals surface area (Å²) in [5, 5.41) is 1.22. The Kier molecular flexibility index (Phi) is 5.53. The summed E-state index contributed by atoms with van der Waals surface area (Å²) >= 11 is 0. The fourth-order valence-electron chi connectivity index (χ4n) is 3.54. The molecule has 3 rings (SSSR count). The minimum absolute atomic E-state index is 0.239. The molecule has 1 saturated heterocycles. The lowest BCUT2D eigenvalue weighted by Gasteiger charge is -2.37. The van der Waals surface area contributed by atoms with Crippen LogP contribution in [0.2, 0.25) is 0 Å². The van der Waals surface area contributed by atoms with Crippen molar-refractivity contribution in [2.75, 3.05) is 50.7 Å². The number of carbonyl (C=O) groups excluding carboxylic acids is 1. The Bertz CT molecular complexity index is 734. The second-order valence-corrected chi connectivity index (χ2v) is 6.68. The summed E-state index contributed by atoms with van der Waals surface area (Å²) in [6, 6.07) is 8.52. The van der Waals surface area contributed by atoms with Crippen molar-refractivity contribution in [2.45, 2.75) is 20.8 Å². The number of nitrogens with zero attached hydrogens (tertiary/aromatic N) is 4. The molecule has 1 fully saturated rings. The number of anilines is 1. The number of hydrogen-bond donors (Lipinski definition) is 0. The van der Waals surface area contributed by atoms with Gasteiger partial charge in [-0.2, -0.15) is 0 Å². The first kappa shape index (κ1) is 17.7. The van der Waals surface area contributed by atoms with Crippen LogP contribution in [-0.4, -0.2) is 66.5 Å². The van der Waals surface area contributed by atoms with Crippen LogP contribution in [-0.2, 0) is 4.79 Å². The number of likely N-dealkylation sites (N-methyl/N-ethyl adjacent to an activating group) is 1. The monoisotopic (exact) mass is 340 g/mol. The maximum absolute atomic E-state index is 12.3. The minimum atomic E-state index is 0.239. The zero-order valence-corrected chi connectivity index (χ0v) is 15.5. The fraction of sp³-hybridized carbons (Fsp3) is 0.500. The average Bonchev–Trinajstić information content (AvgIpc) is 2.63. The molecule has 0 spiro atoms. The number of fused-ring (bicyclic) bond motifs is 1. The van der Waals surface area contributed by atoms with Gasteiger partial charge in [0, 0.05) is 56.5 Å². The van der Waals surface area contributed by atoms with Crippen LogP contribution in [0.3, 0.4) is 0 Å². The molecule has 0 saturated carbocycles. The average molecular weight is 340 g/mol. The highest BCUT2D eigenvalue weighted by atomic mass is 16.2. The third-order valence-electron chi connectivity index (χ3n) is 5.06. The van der Waals surface area contributed by atoms with Crippen LogP contribution >= 0.6 is 0 Å². The van der Waals surface area contributed by atoms with Gasteiger partial charge in [-0.15, -0.1) is 0 Å². The predicted molar refractivity (Wildman–Crippen MR) is 103 cm³/mol. The van der Waals surface area contributed by atoms with Crippen molar-refractivity contribution in [2.24, 2.45) is 0 Å². The molecule has 1 aliphatic rings. The Morgan fingerprint density at radius 2 is 1.84 bits per heavy atom. The first-order valence-electron chi connectivity index (χ1n) is 9.22. The summed E-state index contributed by atoms with van der Waals surface area (Å²) < 4.78 is 0. The van der Waals surface area contributed by atoms with E-state index in [1.807, 2.05) is 24.9 Å². The highest BCUT2D eigenvalue weighted by Gasteiger charge is 2.22. The zero-order valence-electron chi connectivity index (χ0n) is 15.5. The van der Waals surface area contributed by atoms with Gasteiger partial charge in [0.05, 0.1) is 12.1 Å². The Morgan fingerprint density at radius 1 is 1.12 bits per heavy atom. The molecule has 5 heteroatoms. The SMILES string of the molecule is CCN(CC)C(=O)CN1CCN(c2ccnc3ccc(C)cc23)CC1. The van der Waals surface area contributed by atoms with E-state index in [4.69, 9.17) is 0 Å². The van der Waals surface area contributed by atoms with Crippen molar-refractivity contribution in [3.63, 3.8) is 0 Å². The van der Waals surface area contributed by atoms with Crippen molar-refractivity contribution in [3.05, 3.63) is 36.0 Å². The van der Waals surface area contributed by atoms with Crippen LogP contribution in [0.4, 0.5) is 5.69 Å². The number of rotatable bonds is 5. The summed E-state index contributed by atoms with van der Waals surface area (Å²) in [5.74, 6) is 0.239. The summed E-state index contributed by atoms with van der Waals surface area (Å²) in [4.78, 5) is 23.4. The van der Waals surface area contributed by atoms with E-state index in [2.05, 4.69) is 46.0 Å². The molecule has 0 atom stereocenters. The number of aromatic nitrogens is 1. The van der Waals surface area contributed by atoms with Gasteiger partial charge in [0.2, 0.25) is 5.91 Å². The van der Waals surface area contributed by atoms with E-state index in [0.29, 0.717) is 6.54 Å². The van der Waals surface area contributed by atoms with Crippen molar-refractivity contribution in [3.8, 4) is 0 Å². The molecule has 2 aromatic rings. The lowest BCUT2D eigenvalue weighted by atomic mass is 10.1. The van der Waals surface area contributed by atoms with Crippen molar-refractivity contribution < 1.29 is 4.79 Å². The van der Waals surface area contributed by atoms with Crippen LogP contribution in [0.5, 0.6) is 0 Å². The first-order valence-corrected chi connectivity index (χ1v) is 9.22. The Hall–Kier alpha value is -2.14. The van der Waals surface area contributed by atoms with Gasteiger partial charge in [-0.05, 0) is 39.0 Å². The van der Waals surface area contributed by atoms with Gasteiger partial charge in [-0.25, -0.2) is 0 Å². The standard InChI is InChI=1S/C20H28N4O/c1-4-23(5-2)20(25)15-22-10-12-24(13-11-22)19-8-9-21-18-7-6-16(3)14-17(18)19/h6-9,14H,4-5,10-13,15H2,1-3H3. The number of amides is 1. The van der Waals surface area contributed by atoms with E-state index in [9.17, 15) is 4.79 Å². The second kappa shape index (κ2) is 7.83. The van der Waals surface area contributed by atoms with Crippen LogP contribution in [0, 0.1) is 6.92 Å². The van der Waals surface area contributed by atoms with Crippen molar-refractivity contribution >= 4 is 22.5 Å². The number of hydrogen-bond acceptors (Lipinski definition) is 4. The third kappa shape index (κ3) is 3.93. The Balaban J connectivity index is 1.67. The number of pyridine rings is 1. The maximum atomic E-state index is 12.3. The maximum Gasteiger partial charge on any atom is 0.236 e. The van der Waals surface area contributed by atoms with Crippen LogP contribution in [0.1, 0.15) is 19.4 Å². The fourth-order valence-corrected chi connectivity index (χ4v) is 3.54. The van der Waals surface area contributed by atoms with Gasteiger partial charge in [0.1, 0.15) is 0 Å². The molecule has 0 aliphatic carbocycles. The molecular formula is C20H28N4O. The Morgan fingerprint density at radius 3 is 2.52 bits per heavy atom. The van der Waals surface area contributed by atoms with Crippen LogP contribution in [0.25, 0.3) is 10.9 Å². The summed E-state index contributed by atoms with van der Waals surface area (Å²) in [6.45, 7) is 12.0. The highest BCUT2D eigenvalue weighted by molar-refractivity contribution is 5.92. The van der Waals surface area contributed by atoms with E-state index >= 15 is 0 Å². The van der Waals surface area contributed by atoms with Crippen molar-refractivity contribution in [1.82, 2.24) is 14.8 Å². The quantitative estimate of drug-likeness (QED) is 0.839. The lowest BCUT2D eigenvalue weighted by molar-refractivity contribution is -0.132. The molecular weight excluding hydrogens is 312 g/mol. The van der Waals surface area contributed by atoms with Gasteiger partial charge >= 0.3 is 0 Å². The number of piperazine rings is 1. The molecule has 1 aromatic heterocycles. The minimum Gasteiger partial charge on any atom is -0.368 e. The molecule has 0 N–H and O–H groups in total. The zero-order chi connectivity index (χ0) is 17.8. The van der Waals surface area contributed by atoms with Gasteiger partial charge in [0.15, 0.2) is 0 Å². The summed E-state index contributed by atoms with van der Waals surface area (Å²) in [6.07, 6.45) is 1.89. The number of benzene rings is 1. The van der Waals surface area contributed by atoms with E-state index in [0.717, 1.165) is 44.8 Å². The van der Waals surface area contributed by atoms with Gasteiger partial charge in [0.25, 0.3) is 0 Å². The molecule has 1 aromatic carbocycles. The smallest absolute Gasteiger partial charge is 0.236 e. The Labute approximate surface area is 150 Å². The first-order chi connectivity index (χ1) is 12.1. The molecule has 0 radical (unpaired) electrons. The number of aryl methyl sites for hydroxylation is 1. The molecule has 0 bridgehead atoms.